The predicted molar refractivity (Wildman–Crippen MR) is 163 cm³/mol. The van der Waals surface area contributed by atoms with E-state index in [4.69, 9.17) is 0 Å². The van der Waals surface area contributed by atoms with E-state index in [0.29, 0.717) is 0 Å². The van der Waals surface area contributed by atoms with Gasteiger partial charge in [-0.25, -0.2) is 0 Å². The maximum atomic E-state index is 2.92. The van der Waals surface area contributed by atoms with Crippen LogP contribution in [0.3, 0.4) is 0 Å². The van der Waals surface area contributed by atoms with Crippen LogP contribution in [0.15, 0.2) is 30.3 Å². The molecule has 9 atom stereocenters. The standard InChI is InChI=1S/C32H56Si3/c1-23-19-29-30(21-26-15-12-16-28(26)31(29)25-13-10-9-11-14-25)32(23)35(7,8)34(5,6)27-18-17-24(20-27)22-33(2,3)4/h9-11,13-14,23-24,26-32H,12,15-22H2,1-8H3. The van der Waals surface area contributed by atoms with Gasteiger partial charge in [0.1, 0.15) is 0 Å². The van der Waals surface area contributed by atoms with Crippen molar-refractivity contribution in [2.24, 2.45) is 35.5 Å². The van der Waals surface area contributed by atoms with E-state index in [1.807, 2.05) is 0 Å². The molecular formula is C32H56Si3. The Morgan fingerprint density at radius 3 is 2.11 bits per heavy atom. The third-order valence-electron chi connectivity index (χ3n) is 12.6. The first-order valence-electron chi connectivity index (χ1n) is 15.4. The van der Waals surface area contributed by atoms with E-state index >= 15 is 0 Å². The highest BCUT2D eigenvalue weighted by Gasteiger charge is 2.61. The number of hydrogen-bond acceptors (Lipinski definition) is 0. The maximum absolute atomic E-state index is 2.92. The quantitative estimate of drug-likeness (QED) is 0.325. The van der Waals surface area contributed by atoms with Crippen molar-refractivity contribution in [1.29, 1.82) is 0 Å². The molecule has 5 rings (SSSR count). The zero-order valence-corrected chi connectivity index (χ0v) is 27.4. The first kappa shape index (κ1) is 26.5. The van der Waals surface area contributed by atoms with Gasteiger partial charge < -0.3 is 0 Å². The van der Waals surface area contributed by atoms with E-state index in [1.54, 1.807) is 37.3 Å². The van der Waals surface area contributed by atoms with Crippen LogP contribution in [0.4, 0.5) is 0 Å². The van der Waals surface area contributed by atoms with Crippen molar-refractivity contribution in [3.8, 4) is 0 Å². The van der Waals surface area contributed by atoms with Gasteiger partial charge in [0.05, 0.1) is 0 Å². The highest BCUT2D eigenvalue weighted by molar-refractivity contribution is 7.41. The van der Waals surface area contributed by atoms with E-state index in [1.165, 1.54) is 25.7 Å². The molecule has 0 aliphatic heterocycles. The van der Waals surface area contributed by atoms with Crippen molar-refractivity contribution in [2.75, 3.05) is 0 Å². The van der Waals surface area contributed by atoms with Crippen LogP contribution in [0.1, 0.15) is 69.8 Å². The van der Waals surface area contributed by atoms with Gasteiger partial charge >= 0.3 is 0 Å². The Labute approximate surface area is 221 Å². The molecule has 1 aromatic rings. The van der Waals surface area contributed by atoms with Crippen molar-refractivity contribution in [3.05, 3.63) is 35.9 Å². The van der Waals surface area contributed by atoms with E-state index in [9.17, 15) is 0 Å². The molecule has 0 amide bonds. The summed E-state index contributed by atoms with van der Waals surface area (Å²) in [6.45, 7) is 22.2. The Morgan fingerprint density at radius 1 is 0.714 bits per heavy atom. The minimum Gasteiger partial charge on any atom is -0.0711 e. The zero-order valence-electron chi connectivity index (χ0n) is 24.4. The lowest BCUT2D eigenvalue weighted by Crippen LogP contribution is -2.62. The Bertz CT molecular complexity index is 869. The van der Waals surface area contributed by atoms with Crippen LogP contribution >= 0.6 is 0 Å². The molecule has 196 valence electrons. The Balaban J connectivity index is 1.41. The van der Waals surface area contributed by atoms with Crippen LogP contribution in [0.5, 0.6) is 0 Å². The van der Waals surface area contributed by atoms with Crippen molar-refractivity contribution >= 4 is 23.3 Å². The van der Waals surface area contributed by atoms with Crippen molar-refractivity contribution < 1.29 is 0 Å². The van der Waals surface area contributed by atoms with Gasteiger partial charge in [0.2, 0.25) is 0 Å². The van der Waals surface area contributed by atoms with Gasteiger partial charge in [-0.1, -0.05) is 121 Å². The lowest BCUT2D eigenvalue weighted by atomic mass is 9.62. The Kier molecular flexibility index (Phi) is 7.23. The molecule has 35 heavy (non-hydrogen) atoms. The van der Waals surface area contributed by atoms with Crippen LogP contribution < -0.4 is 0 Å². The van der Waals surface area contributed by atoms with E-state index in [-0.39, 0.29) is 0 Å². The summed E-state index contributed by atoms with van der Waals surface area (Å²) in [5.41, 5.74) is 3.90. The van der Waals surface area contributed by atoms with E-state index in [2.05, 4.69) is 83.1 Å². The summed E-state index contributed by atoms with van der Waals surface area (Å²) in [5, 5.41) is 0. The second kappa shape index (κ2) is 9.56. The molecule has 0 nitrogen and oxygen atoms in total. The van der Waals surface area contributed by atoms with Crippen molar-refractivity contribution in [2.45, 2.75) is 127 Å². The smallest absolute Gasteiger partial charge is 0.0451 e. The van der Waals surface area contributed by atoms with Gasteiger partial charge in [0.25, 0.3) is 0 Å². The molecule has 0 N–H and O–H groups in total. The molecule has 1 aromatic carbocycles. The molecule has 0 bridgehead atoms. The van der Waals surface area contributed by atoms with Gasteiger partial charge in [-0.3, -0.25) is 0 Å². The van der Waals surface area contributed by atoms with Crippen LogP contribution in [0.2, 0.25) is 63.0 Å². The maximum Gasteiger partial charge on any atom is 0.0451 e. The fraction of sp³-hybridized carbons (Fsp3) is 0.812. The Hall–Kier alpha value is -0.129. The molecule has 3 heteroatoms. The summed E-state index contributed by atoms with van der Waals surface area (Å²) >= 11 is 0. The topological polar surface area (TPSA) is 0 Å². The lowest BCUT2D eigenvalue weighted by molar-refractivity contribution is 0.121. The van der Waals surface area contributed by atoms with Gasteiger partial charge in [-0.15, -0.1) is 0 Å². The fourth-order valence-electron chi connectivity index (χ4n) is 10.8. The molecule has 4 aliphatic carbocycles. The third-order valence-corrected chi connectivity index (χ3v) is 35.2. The molecule has 0 heterocycles. The first-order valence-corrected chi connectivity index (χ1v) is 26.3. The zero-order chi connectivity index (χ0) is 25.2. The predicted octanol–water partition coefficient (Wildman–Crippen LogP) is 10.2. The molecule has 4 saturated carbocycles. The minimum atomic E-state index is -1.35. The monoisotopic (exact) mass is 524 g/mol. The van der Waals surface area contributed by atoms with Crippen LogP contribution in [0.25, 0.3) is 0 Å². The van der Waals surface area contributed by atoms with Gasteiger partial charge in [0, 0.05) is 23.3 Å². The summed E-state index contributed by atoms with van der Waals surface area (Å²) < 4.78 is 0. The molecule has 4 fully saturated rings. The summed E-state index contributed by atoms with van der Waals surface area (Å²) in [4.78, 5) is 0. The second-order valence-corrected chi connectivity index (χ2v) is 37.8. The van der Waals surface area contributed by atoms with Crippen LogP contribution in [-0.2, 0) is 0 Å². The average molecular weight is 525 g/mol. The first-order chi connectivity index (χ1) is 16.4. The third kappa shape index (κ3) is 4.78. The molecule has 0 spiro atoms. The minimum absolute atomic E-state index is 0.858. The number of rotatable bonds is 6. The SMILES string of the molecule is CC1CC2C(CC3CCCC3C2c2ccccc2)C1[Si](C)(C)[Si](C)(C)C1CCC(C[Si](C)(C)C)C1. The van der Waals surface area contributed by atoms with Crippen LogP contribution in [-0.4, -0.2) is 23.3 Å². The molecule has 9 unspecified atom stereocenters. The molecule has 0 saturated heterocycles. The number of fused-ring (bicyclic) bond motifs is 2. The van der Waals surface area contributed by atoms with E-state index < -0.39 is 23.3 Å². The van der Waals surface area contributed by atoms with Crippen molar-refractivity contribution in [1.82, 2.24) is 0 Å². The second-order valence-electron chi connectivity index (χ2n) is 16.2. The summed E-state index contributed by atoms with van der Waals surface area (Å²) in [7, 11) is -3.57. The summed E-state index contributed by atoms with van der Waals surface area (Å²) in [6, 6.07) is 13.5. The number of benzene rings is 1. The van der Waals surface area contributed by atoms with Gasteiger partial charge in [-0.2, -0.15) is 0 Å². The summed E-state index contributed by atoms with van der Waals surface area (Å²) in [6.07, 6.45) is 12.4. The van der Waals surface area contributed by atoms with Gasteiger partial charge in [-0.05, 0) is 77.3 Å². The van der Waals surface area contributed by atoms with E-state index in [0.717, 1.165) is 52.5 Å². The summed E-state index contributed by atoms with van der Waals surface area (Å²) in [5.74, 6) is 6.89. The lowest BCUT2D eigenvalue weighted by Gasteiger charge is -2.52. The highest BCUT2D eigenvalue weighted by Crippen LogP contribution is 2.66. The molecule has 4 aliphatic rings. The fourth-order valence-corrected chi connectivity index (χ4v) is 27.7. The van der Waals surface area contributed by atoms with Gasteiger partial charge in [0.15, 0.2) is 0 Å². The van der Waals surface area contributed by atoms with Crippen LogP contribution in [0, 0.1) is 35.5 Å². The largest absolute Gasteiger partial charge is 0.0711 e. The molecular weight excluding hydrogens is 469 g/mol. The number of hydrogen-bond donors (Lipinski definition) is 0. The average Bonchev–Trinajstić information content (AvgIpc) is 3.49. The van der Waals surface area contributed by atoms with Crippen molar-refractivity contribution in [3.63, 3.8) is 0 Å². The highest BCUT2D eigenvalue weighted by atomic mass is 29.3. The Morgan fingerprint density at radius 2 is 1.43 bits per heavy atom. The molecule has 0 radical (unpaired) electrons. The molecule has 0 aromatic heterocycles. The normalized spacial score (nSPS) is 40.1.